The van der Waals surface area contributed by atoms with Gasteiger partial charge in [0.25, 0.3) is 5.91 Å². The topological polar surface area (TPSA) is 41.1 Å². The number of benzene rings is 1. The van der Waals surface area contributed by atoms with Crippen molar-refractivity contribution in [3.05, 3.63) is 33.4 Å². The number of carbonyl (C=O) groups excluding carboxylic acids is 1. The molecule has 0 aliphatic carbocycles. The summed E-state index contributed by atoms with van der Waals surface area (Å²) in [6.45, 7) is 4.14. The average molecular weight is 344 g/mol. The van der Waals surface area contributed by atoms with Gasteiger partial charge in [-0.3, -0.25) is 4.79 Å². The lowest BCUT2D eigenvalue weighted by Crippen LogP contribution is -2.48. The van der Waals surface area contributed by atoms with Crippen LogP contribution in [-0.2, 0) is 0 Å². The summed E-state index contributed by atoms with van der Waals surface area (Å²) in [6.07, 6.45) is 1.01. The minimum atomic E-state index is 0.0438. The molecular weight excluding hydrogens is 327 g/mol. The van der Waals surface area contributed by atoms with E-state index in [1.165, 1.54) is 0 Å². The Labute approximate surface area is 116 Å². The molecule has 0 spiro atoms. The van der Waals surface area contributed by atoms with E-state index in [2.05, 4.69) is 40.1 Å². The molecule has 1 aromatic rings. The standard InChI is InChI=1S/C13H17IN2O/c1-9-8-15-6-5-12(9)16-13(17)10-3-2-4-11(14)7-10/h2-4,7,9,12,15H,5-6,8H2,1H3,(H,16,17). The predicted octanol–water partition coefficient (Wildman–Crippen LogP) is 2.02. The quantitative estimate of drug-likeness (QED) is 0.806. The lowest BCUT2D eigenvalue weighted by atomic mass is 9.95. The van der Waals surface area contributed by atoms with Crippen molar-refractivity contribution in [3.63, 3.8) is 0 Å². The zero-order valence-corrected chi connectivity index (χ0v) is 12.0. The minimum absolute atomic E-state index is 0.0438. The van der Waals surface area contributed by atoms with Crippen LogP contribution in [0.4, 0.5) is 0 Å². The summed E-state index contributed by atoms with van der Waals surface area (Å²) in [5, 5.41) is 6.46. The average Bonchev–Trinajstić information content (AvgIpc) is 2.32. The van der Waals surface area contributed by atoms with E-state index in [0.29, 0.717) is 12.0 Å². The second-order valence-corrected chi connectivity index (χ2v) is 5.81. The molecule has 0 saturated carbocycles. The van der Waals surface area contributed by atoms with E-state index in [1.54, 1.807) is 0 Å². The molecule has 0 radical (unpaired) electrons. The maximum Gasteiger partial charge on any atom is 0.251 e. The molecule has 2 atom stereocenters. The fourth-order valence-corrected chi connectivity index (χ4v) is 2.65. The Hall–Kier alpha value is -0.620. The molecule has 1 aromatic carbocycles. The summed E-state index contributed by atoms with van der Waals surface area (Å²) in [5.74, 6) is 0.540. The SMILES string of the molecule is CC1CNCCC1NC(=O)c1cccc(I)c1. The summed E-state index contributed by atoms with van der Waals surface area (Å²) in [4.78, 5) is 12.1. The molecule has 4 heteroatoms. The van der Waals surface area contributed by atoms with Crippen LogP contribution < -0.4 is 10.6 Å². The van der Waals surface area contributed by atoms with Crippen LogP contribution in [0.5, 0.6) is 0 Å². The highest BCUT2D eigenvalue weighted by Gasteiger charge is 2.22. The van der Waals surface area contributed by atoms with Crippen molar-refractivity contribution >= 4 is 28.5 Å². The molecule has 1 heterocycles. The highest BCUT2D eigenvalue weighted by Crippen LogP contribution is 2.12. The van der Waals surface area contributed by atoms with Gasteiger partial charge in [0.05, 0.1) is 0 Å². The van der Waals surface area contributed by atoms with Crippen LogP contribution in [0, 0.1) is 9.49 Å². The van der Waals surface area contributed by atoms with Crippen LogP contribution >= 0.6 is 22.6 Å². The Morgan fingerprint density at radius 2 is 2.35 bits per heavy atom. The molecule has 17 heavy (non-hydrogen) atoms. The third-order valence-electron chi connectivity index (χ3n) is 3.19. The fourth-order valence-electron chi connectivity index (χ4n) is 2.11. The van der Waals surface area contributed by atoms with Gasteiger partial charge in [-0.2, -0.15) is 0 Å². The monoisotopic (exact) mass is 344 g/mol. The second kappa shape index (κ2) is 5.82. The number of hydrogen-bond acceptors (Lipinski definition) is 2. The van der Waals surface area contributed by atoms with Gasteiger partial charge >= 0.3 is 0 Å². The van der Waals surface area contributed by atoms with Gasteiger partial charge in [0.2, 0.25) is 0 Å². The third kappa shape index (κ3) is 3.42. The van der Waals surface area contributed by atoms with Crippen LogP contribution in [0.25, 0.3) is 0 Å². The largest absolute Gasteiger partial charge is 0.349 e. The summed E-state index contributed by atoms with van der Waals surface area (Å²) in [7, 11) is 0. The van der Waals surface area contributed by atoms with E-state index in [1.807, 2.05) is 24.3 Å². The van der Waals surface area contributed by atoms with Gasteiger partial charge in [0.1, 0.15) is 0 Å². The fraction of sp³-hybridized carbons (Fsp3) is 0.462. The molecule has 2 unspecified atom stereocenters. The van der Waals surface area contributed by atoms with Crippen molar-refractivity contribution in [2.75, 3.05) is 13.1 Å². The number of amides is 1. The first-order valence-electron chi connectivity index (χ1n) is 5.94. The molecule has 1 saturated heterocycles. The Balaban J connectivity index is 2.01. The Morgan fingerprint density at radius 3 is 3.06 bits per heavy atom. The van der Waals surface area contributed by atoms with E-state index in [9.17, 15) is 4.79 Å². The van der Waals surface area contributed by atoms with Crippen molar-refractivity contribution < 1.29 is 4.79 Å². The minimum Gasteiger partial charge on any atom is -0.349 e. The molecule has 1 aliphatic heterocycles. The molecule has 1 aliphatic rings. The summed E-state index contributed by atoms with van der Waals surface area (Å²) in [5.41, 5.74) is 0.752. The highest BCUT2D eigenvalue weighted by molar-refractivity contribution is 14.1. The van der Waals surface area contributed by atoms with Gasteiger partial charge in [-0.1, -0.05) is 13.0 Å². The van der Waals surface area contributed by atoms with Crippen molar-refractivity contribution in [2.24, 2.45) is 5.92 Å². The van der Waals surface area contributed by atoms with Gasteiger partial charge in [0.15, 0.2) is 0 Å². The number of nitrogens with one attached hydrogen (secondary N) is 2. The third-order valence-corrected chi connectivity index (χ3v) is 3.86. The first-order valence-corrected chi connectivity index (χ1v) is 7.02. The Morgan fingerprint density at radius 1 is 1.53 bits per heavy atom. The Bertz CT molecular complexity index is 408. The van der Waals surface area contributed by atoms with E-state index >= 15 is 0 Å². The van der Waals surface area contributed by atoms with Crippen molar-refractivity contribution in [2.45, 2.75) is 19.4 Å². The highest BCUT2D eigenvalue weighted by atomic mass is 127. The van der Waals surface area contributed by atoms with E-state index in [0.717, 1.165) is 28.6 Å². The number of halogens is 1. The van der Waals surface area contributed by atoms with Crippen LogP contribution in [0.1, 0.15) is 23.7 Å². The van der Waals surface area contributed by atoms with Crippen molar-refractivity contribution in [1.82, 2.24) is 10.6 Å². The first-order chi connectivity index (χ1) is 8.16. The van der Waals surface area contributed by atoms with Crippen LogP contribution in [-0.4, -0.2) is 25.0 Å². The van der Waals surface area contributed by atoms with Gasteiger partial charge in [-0.25, -0.2) is 0 Å². The smallest absolute Gasteiger partial charge is 0.251 e. The molecule has 0 aromatic heterocycles. The summed E-state index contributed by atoms with van der Waals surface area (Å²) in [6, 6.07) is 7.99. The van der Waals surface area contributed by atoms with E-state index in [4.69, 9.17) is 0 Å². The van der Waals surface area contributed by atoms with E-state index in [-0.39, 0.29) is 5.91 Å². The molecule has 3 nitrogen and oxygen atoms in total. The maximum absolute atomic E-state index is 12.1. The number of piperidine rings is 1. The van der Waals surface area contributed by atoms with Crippen LogP contribution in [0.15, 0.2) is 24.3 Å². The maximum atomic E-state index is 12.1. The van der Waals surface area contributed by atoms with E-state index < -0.39 is 0 Å². The molecule has 1 fully saturated rings. The van der Waals surface area contributed by atoms with Crippen molar-refractivity contribution in [1.29, 1.82) is 0 Å². The molecule has 0 bridgehead atoms. The van der Waals surface area contributed by atoms with Gasteiger partial charge in [0, 0.05) is 15.2 Å². The predicted molar refractivity (Wildman–Crippen MR) is 77.1 cm³/mol. The molecule has 92 valence electrons. The lowest BCUT2D eigenvalue weighted by Gasteiger charge is -2.30. The van der Waals surface area contributed by atoms with Gasteiger partial charge < -0.3 is 10.6 Å². The molecule has 1 amide bonds. The zero-order chi connectivity index (χ0) is 12.3. The lowest BCUT2D eigenvalue weighted by molar-refractivity contribution is 0.0914. The second-order valence-electron chi connectivity index (χ2n) is 4.56. The zero-order valence-electron chi connectivity index (χ0n) is 9.87. The van der Waals surface area contributed by atoms with Crippen LogP contribution in [0.2, 0.25) is 0 Å². The van der Waals surface area contributed by atoms with Gasteiger partial charge in [-0.15, -0.1) is 0 Å². The van der Waals surface area contributed by atoms with Crippen LogP contribution in [0.3, 0.4) is 0 Å². The van der Waals surface area contributed by atoms with Gasteiger partial charge in [-0.05, 0) is 66.2 Å². The summed E-state index contributed by atoms with van der Waals surface area (Å²) >= 11 is 2.22. The number of rotatable bonds is 2. The molecule has 2 N–H and O–H groups in total. The Kier molecular flexibility index (Phi) is 4.39. The van der Waals surface area contributed by atoms with Crippen molar-refractivity contribution in [3.8, 4) is 0 Å². The number of hydrogen-bond donors (Lipinski definition) is 2. The summed E-state index contributed by atoms with van der Waals surface area (Å²) < 4.78 is 1.09. The number of carbonyl (C=O) groups is 1. The molecule has 2 rings (SSSR count). The molecular formula is C13H17IN2O. The normalized spacial score (nSPS) is 24.4. The first kappa shape index (κ1) is 12.8.